The fraction of sp³-hybridized carbons (Fsp3) is 0.357. The van der Waals surface area contributed by atoms with Crippen molar-refractivity contribution in [2.24, 2.45) is 0 Å². The average Bonchev–Trinajstić information content (AvgIpc) is 2.52. The van der Waals surface area contributed by atoms with Crippen LogP contribution in [0.3, 0.4) is 0 Å². The van der Waals surface area contributed by atoms with Crippen molar-refractivity contribution in [2.75, 3.05) is 39.9 Å². The Bertz CT molecular complexity index is 716. The number of hydrogen-bond donors (Lipinski definition) is 2. The minimum atomic E-state index is 0.00250. The van der Waals surface area contributed by atoms with Crippen molar-refractivity contribution in [1.29, 1.82) is 0 Å². The fourth-order valence-electron chi connectivity index (χ4n) is 2.38. The summed E-state index contributed by atoms with van der Waals surface area (Å²) in [6.07, 6.45) is 0. The number of anilines is 2. The molecule has 0 aliphatic rings. The van der Waals surface area contributed by atoms with Gasteiger partial charge in [0.25, 0.3) is 0 Å². The molecular weight excluding hydrogens is 302 g/mol. The molecule has 1 aromatic carbocycles. The number of ether oxygens (including phenoxy) is 4. The van der Waals surface area contributed by atoms with Crippen molar-refractivity contribution in [2.45, 2.75) is 6.92 Å². The molecule has 0 bridgehead atoms. The van der Waals surface area contributed by atoms with Crippen molar-refractivity contribution in [1.82, 2.24) is 15.0 Å². The first-order valence-electron chi connectivity index (χ1n) is 6.62. The van der Waals surface area contributed by atoms with E-state index >= 15 is 0 Å². The summed E-state index contributed by atoms with van der Waals surface area (Å²) in [6, 6.07) is 0. The summed E-state index contributed by atoms with van der Waals surface area (Å²) in [5, 5.41) is 0. The minimum absolute atomic E-state index is 0.00250. The molecule has 0 aliphatic carbocycles. The summed E-state index contributed by atoms with van der Waals surface area (Å²) in [5.41, 5.74) is 12.5. The van der Waals surface area contributed by atoms with Gasteiger partial charge in [-0.3, -0.25) is 0 Å². The van der Waals surface area contributed by atoms with Gasteiger partial charge in [0.1, 0.15) is 0 Å². The Hall–Kier alpha value is -2.97. The van der Waals surface area contributed by atoms with Crippen LogP contribution in [0.4, 0.5) is 11.9 Å². The molecule has 0 unspecified atom stereocenters. The minimum Gasteiger partial charge on any atom is -0.492 e. The summed E-state index contributed by atoms with van der Waals surface area (Å²) in [4.78, 5) is 12.0. The number of methoxy groups -OCH3 is 4. The van der Waals surface area contributed by atoms with E-state index in [1.54, 1.807) is 0 Å². The van der Waals surface area contributed by atoms with E-state index in [9.17, 15) is 0 Å². The Kier molecular flexibility index (Phi) is 4.58. The molecule has 0 radical (unpaired) electrons. The van der Waals surface area contributed by atoms with Crippen molar-refractivity contribution in [3.8, 4) is 34.4 Å². The quantitative estimate of drug-likeness (QED) is 0.830. The van der Waals surface area contributed by atoms with Crippen LogP contribution in [0.25, 0.3) is 11.4 Å². The zero-order valence-electron chi connectivity index (χ0n) is 13.6. The highest BCUT2D eigenvalue weighted by atomic mass is 16.5. The van der Waals surface area contributed by atoms with E-state index in [1.807, 2.05) is 6.92 Å². The molecule has 0 spiro atoms. The van der Waals surface area contributed by atoms with Crippen LogP contribution < -0.4 is 30.4 Å². The summed E-state index contributed by atoms with van der Waals surface area (Å²) >= 11 is 0. The third kappa shape index (κ3) is 2.72. The lowest BCUT2D eigenvalue weighted by Gasteiger charge is -2.20. The summed E-state index contributed by atoms with van der Waals surface area (Å²) in [7, 11) is 6.03. The Morgan fingerprint density at radius 1 is 0.652 bits per heavy atom. The number of benzene rings is 1. The van der Waals surface area contributed by atoms with E-state index in [1.165, 1.54) is 28.4 Å². The first-order chi connectivity index (χ1) is 11.0. The van der Waals surface area contributed by atoms with Crippen molar-refractivity contribution < 1.29 is 18.9 Å². The number of nitrogen functional groups attached to an aromatic ring is 2. The van der Waals surface area contributed by atoms with E-state index in [0.29, 0.717) is 34.1 Å². The summed E-state index contributed by atoms with van der Waals surface area (Å²) < 4.78 is 21.7. The van der Waals surface area contributed by atoms with Gasteiger partial charge in [0, 0.05) is 5.56 Å². The van der Waals surface area contributed by atoms with Crippen molar-refractivity contribution >= 4 is 11.9 Å². The van der Waals surface area contributed by atoms with Gasteiger partial charge < -0.3 is 30.4 Å². The molecule has 1 aromatic heterocycles. The number of nitrogens with zero attached hydrogens (tertiary/aromatic N) is 3. The van der Waals surface area contributed by atoms with E-state index in [-0.39, 0.29) is 17.7 Å². The number of hydrogen-bond acceptors (Lipinski definition) is 9. The highest BCUT2D eigenvalue weighted by molar-refractivity contribution is 5.80. The molecule has 2 rings (SSSR count). The second-order valence-electron chi connectivity index (χ2n) is 4.51. The fourth-order valence-corrected chi connectivity index (χ4v) is 2.38. The van der Waals surface area contributed by atoms with Gasteiger partial charge in [0.2, 0.25) is 23.4 Å². The van der Waals surface area contributed by atoms with Crippen LogP contribution in [0.2, 0.25) is 0 Å². The van der Waals surface area contributed by atoms with E-state index in [0.717, 1.165) is 0 Å². The lowest BCUT2D eigenvalue weighted by molar-refractivity contribution is 0.305. The van der Waals surface area contributed by atoms with Crippen LogP contribution >= 0.6 is 0 Å². The first kappa shape index (κ1) is 16.4. The molecule has 9 nitrogen and oxygen atoms in total. The molecule has 124 valence electrons. The maximum absolute atomic E-state index is 5.67. The lowest BCUT2D eigenvalue weighted by atomic mass is 10.0. The highest BCUT2D eigenvalue weighted by Gasteiger charge is 2.28. The number of aromatic nitrogens is 3. The van der Waals surface area contributed by atoms with Gasteiger partial charge in [0.05, 0.1) is 34.0 Å². The van der Waals surface area contributed by atoms with Gasteiger partial charge >= 0.3 is 0 Å². The monoisotopic (exact) mass is 321 g/mol. The summed E-state index contributed by atoms with van der Waals surface area (Å²) in [5.74, 6) is 1.87. The predicted octanol–water partition coefficient (Wildman–Crippen LogP) is 1.05. The molecule has 0 fully saturated rings. The maximum atomic E-state index is 5.67. The highest BCUT2D eigenvalue weighted by Crippen LogP contribution is 2.52. The SMILES string of the molecule is COc1c(C)c(-c2nc(N)nc(N)n2)c(OC)c(OC)c1OC. The van der Waals surface area contributed by atoms with E-state index < -0.39 is 0 Å². The predicted molar refractivity (Wildman–Crippen MR) is 85.0 cm³/mol. The van der Waals surface area contributed by atoms with Crippen molar-refractivity contribution in [3.05, 3.63) is 5.56 Å². The molecule has 1 heterocycles. The van der Waals surface area contributed by atoms with Crippen LogP contribution in [0, 0.1) is 6.92 Å². The van der Waals surface area contributed by atoms with Gasteiger partial charge in [-0.25, -0.2) is 0 Å². The van der Waals surface area contributed by atoms with Crippen LogP contribution in [-0.4, -0.2) is 43.4 Å². The second-order valence-corrected chi connectivity index (χ2v) is 4.51. The van der Waals surface area contributed by atoms with Crippen LogP contribution in [-0.2, 0) is 0 Å². The molecule has 23 heavy (non-hydrogen) atoms. The molecule has 9 heteroatoms. The molecule has 0 saturated carbocycles. The Morgan fingerprint density at radius 2 is 1.09 bits per heavy atom. The lowest BCUT2D eigenvalue weighted by Crippen LogP contribution is -2.07. The maximum Gasteiger partial charge on any atom is 0.225 e. The van der Waals surface area contributed by atoms with Gasteiger partial charge in [0.15, 0.2) is 17.3 Å². The zero-order valence-corrected chi connectivity index (χ0v) is 13.6. The van der Waals surface area contributed by atoms with Crippen LogP contribution in [0.15, 0.2) is 0 Å². The third-order valence-electron chi connectivity index (χ3n) is 3.27. The molecule has 0 aliphatic heterocycles. The molecule has 0 atom stereocenters. The number of rotatable bonds is 5. The molecule has 0 saturated heterocycles. The second kappa shape index (κ2) is 6.42. The van der Waals surface area contributed by atoms with Gasteiger partial charge in [-0.1, -0.05) is 0 Å². The molecule has 2 aromatic rings. The third-order valence-corrected chi connectivity index (χ3v) is 3.27. The van der Waals surface area contributed by atoms with Crippen LogP contribution in [0.1, 0.15) is 5.56 Å². The smallest absolute Gasteiger partial charge is 0.225 e. The van der Waals surface area contributed by atoms with Gasteiger partial charge in [-0.2, -0.15) is 15.0 Å². The first-order valence-corrected chi connectivity index (χ1v) is 6.62. The normalized spacial score (nSPS) is 10.3. The number of nitrogens with two attached hydrogens (primary N) is 2. The van der Waals surface area contributed by atoms with Crippen LogP contribution in [0.5, 0.6) is 23.0 Å². The Balaban J connectivity index is 2.91. The van der Waals surface area contributed by atoms with Gasteiger partial charge in [-0.05, 0) is 6.92 Å². The Morgan fingerprint density at radius 3 is 1.52 bits per heavy atom. The zero-order chi connectivity index (χ0) is 17.1. The Labute approximate surface area is 133 Å². The molecule has 4 N–H and O–H groups in total. The average molecular weight is 321 g/mol. The topological polar surface area (TPSA) is 128 Å². The van der Waals surface area contributed by atoms with E-state index in [2.05, 4.69) is 15.0 Å². The van der Waals surface area contributed by atoms with Gasteiger partial charge in [-0.15, -0.1) is 0 Å². The van der Waals surface area contributed by atoms with Crippen molar-refractivity contribution in [3.63, 3.8) is 0 Å². The standard InChI is InChI=1S/C14H19N5O4/c1-6-7(12-17-13(15)19-14(16)18-12)9(21-3)11(23-5)10(22-4)8(6)20-2/h1-5H3,(H4,15,16,17,18,19). The summed E-state index contributed by atoms with van der Waals surface area (Å²) in [6.45, 7) is 1.81. The van der Waals surface area contributed by atoms with E-state index in [4.69, 9.17) is 30.4 Å². The molecule has 0 amide bonds. The largest absolute Gasteiger partial charge is 0.492 e. The molecular formula is C14H19N5O4.